The zero-order valence-corrected chi connectivity index (χ0v) is 14.6. The van der Waals surface area contributed by atoms with E-state index in [4.69, 9.17) is 16.7 Å². The average molecular weight is 396 g/mol. The molecule has 1 aliphatic carbocycles. The third kappa shape index (κ3) is 3.77. The second-order valence-electron chi connectivity index (χ2n) is 5.04. The minimum Gasteiger partial charge on any atom is -0.336 e. The summed E-state index contributed by atoms with van der Waals surface area (Å²) in [6.07, 6.45) is 2.78. The van der Waals surface area contributed by atoms with Gasteiger partial charge in [0.15, 0.2) is 0 Å². The van der Waals surface area contributed by atoms with Crippen molar-refractivity contribution in [2.45, 2.75) is 37.1 Å². The number of hydrogen-bond donors (Lipinski definition) is 1. The molecule has 21 heavy (non-hydrogen) atoms. The van der Waals surface area contributed by atoms with Crippen LogP contribution in [0.4, 0.5) is 0 Å². The van der Waals surface area contributed by atoms with E-state index >= 15 is 0 Å². The highest BCUT2D eigenvalue weighted by molar-refractivity contribution is 9.10. The van der Waals surface area contributed by atoms with Crippen LogP contribution in [0, 0.1) is 0 Å². The number of amides is 1. The monoisotopic (exact) mass is 394 g/mol. The quantitative estimate of drug-likeness (QED) is 0.832. The lowest BCUT2D eigenvalue weighted by Crippen LogP contribution is -2.34. The summed E-state index contributed by atoms with van der Waals surface area (Å²) in [6, 6.07) is 2.87. The third-order valence-corrected chi connectivity index (χ3v) is 5.45. The van der Waals surface area contributed by atoms with Crippen molar-refractivity contribution in [3.05, 3.63) is 27.2 Å². The Bertz CT molecular complexity index is 674. The summed E-state index contributed by atoms with van der Waals surface area (Å²) < 4.78 is 23.4. The first-order valence-electron chi connectivity index (χ1n) is 6.58. The molecule has 1 aliphatic rings. The van der Waals surface area contributed by atoms with E-state index in [0.29, 0.717) is 6.54 Å². The Morgan fingerprint density at radius 1 is 1.48 bits per heavy atom. The van der Waals surface area contributed by atoms with Gasteiger partial charge in [-0.25, -0.2) is 13.6 Å². The van der Waals surface area contributed by atoms with Gasteiger partial charge >= 0.3 is 0 Å². The Balaban J connectivity index is 2.45. The average Bonchev–Trinajstić information content (AvgIpc) is 3.17. The minimum absolute atomic E-state index is 0.137. The molecule has 0 saturated heterocycles. The maximum absolute atomic E-state index is 12.6. The van der Waals surface area contributed by atoms with Gasteiger partial charge in [0.25, 0.3) is 5.91 Å². The topological polar surface area (TPSA) is 80.5 Å². The highest BCUT2D eigenvalue weighted by Crippen LogP contribution is 2.33. The Morgan fingerprint density at radius 3 is 2.57 bits per heavy atom. The molecule has 5 nitrogen and oxygen atoms in total. The summed E-state index contributed by atoms with van der Waals surface area (Å²) in [5.74, 6) is -0.248. The number of primary sulfonamides is 1. The number of carbonyl (C=O) groups excluding carboxylic acids is 1. The molecular weight excluding hydrogens is 380 g/mol. The minimum atomic E-state index is -3.93. The van der Waals surface area contributed by atoms with Gasteiger partial charge in [-0.2, -0.15) is 0 Å². The van der Waals surface area contributed by atoms with Crippen molar-refractivity contribution >= 4 is 43.5 Å². The summed E-state index contributed by atoms with van der Waals surface area (Å²) in [6.45, 7) is 2.61. The molecule has 0 unspecified atom stereocenters. The molecule has 1 aromatic rings. The second-order valence-corrected chi connectivity index (χ2v) is 7.83. The highest BCUT2D eigenvalue weighted by atomic mass is 79.9. The molecule has 1 fully saturated rings. The van der Waals surface area contributed by atoms with Crippen molar-refractivity contribution in [3.63, 3.8) is 0 Å². The predicted molar refractivity (Wildman–Crippen MR) is 84.9 cm³/mol. The van der Waals surface area contributed by atoms with Gasteiger partial charge in [-0.15, -0.1) is 0 Å². The molecule has 1 amide bonds. The fourth-order valence-electron chi connectivity index (χ4n) is 2.14. The van der Waals surface area contributed by atoms with Crippen LogP contribution in [0.2, 0.25) is 5.02 Å². The van der Waals surface area contributed by atoms with Crippen molar-refractivity contribution in [3.8, 4) is 0 Å². The zero-order chi connectivity index (χ0) is 15.8. The van der Waals surface area contributed by atoms with E-state index in [1.807, 2.05) is 6.92 Å². The molecule has 0 heterocycles. The molecule has 0 aromatic heterocycles. The van der Waals surface area contributed by atoms with E-state index in [0.717, 1.165) is 19.3 Å². The second kappa shape index (κ2) is 6.24. The smallest absolute Gasteiger partial charge is 0.255 e. The van der Waals surface area contributed by atoms with E-state index in [2.05, 4.69) is 15.9 Å². The van der Waals surface area contributed by atoms with Crippen molar-refractivity contribution in [2.24, 2.45) is 5.14 Å². The fourth-order valence-corrected chi connectivity index (χ4v) is 4.15. The number of benzene rings is 1. The summed E-state index contributed by atoms with van der Waals surface area (Å²) >= 11 is 9.21. The molecule has 0 aliphatic heterocycles. The number of hydrogen-bond acceptors (Lipinski definition) is 3. The Labute approximate surface area is 137 Å². The van der Waals surface area contributed by atoms with E-state index in [1.54, 1.807) is 4.90 Å². The summed E-state index contributed by atoms with van der Waals surface area (Å²) in [7, 11) is -3.93. The molecule has 2 N–H and O–H groups in total. The highest BCUT2D eigenvalue weighted by Gasteiger charge is 2.33. The zero-order valence-electron chi connectivity index (χ0n) is 11.5. The first-order chi connectivity index (χ1) is 9.75. The van der Waals surface area contributed by atoms with E-state index in [-0.39, 0.29) is 31.9 Å². The summed E-state index contributed by atoms with van der Waals surface area (Å²) in [5.41, 5.74) is 0.171. The van der Waals surface area contributed by atoms with E-state index in [9.17, 15) is 13.2 Å². The summed E-state index contributed by atoms with van der Waals surface area (Å²) in [4.78, 5) is 14.2. The van der Waals surface area contributed by atoms with E-state index in [1.165, 1.54) is 12.1 Å². The maximum atomic E-state index is 12.6. The normalized spacial score (nSPS) is 15.0. The third-order valence-electron chi connectivity index (χ3n) is 3.27. The van der Waals surface area contributed by atoms with Crippen molar-refractivity contribution in [2.75, 3.05) is 6.54 Å². The van der Waals surface area contributed by atoms with Gasteiger partial charge in [-0.05, 0) is 47.3 Å². The molecule has 0 spiro atoms. The van der Waals surface area contributed by atoms with Crippen LogP contribution in [0.3, 0.4) is 0 Å². The van der Waals surface area contributed by atoms with Crippen LogP contribution in [-0.2, 0) is 10.0 Å². The largest absolute Gasteiger partial charge is 0.336 e. The van der Waals surface area contributed by atoms with Gasteiger partial charge < -0.3 is 4.90 Å². The number of rotatable bonds is 5. The van der Waals surface area contributed by atoms with Gasteiger partial charge in [-0.3, -0.25) is 4.79 Å². The number of sulfonamides is 1. The van der Waals surface area contributed by atoms with Gasteiger partial charge in [-0.1, -0.05) is 18.5 Å². The van der Waals surface area contributed by atoms with Gasteiger partial charge in [0, 0.05) is 17.1 Å². The van der Waals surface area contributed by atoms with Crippen LogP contribution in [0.15, 0.2) is 21.5 Å². The predicted octanol–water partition coefficient (Wildman–Crippen LogP) is 2.76. The standard InChI is InChI=1S/C13H16BrClN2O3S/c1-2-5-17(8-3-4-8)13(18)9-6-12(21(16,19)20)10(14)7-11(9)15/h6-8H,2-5H2,1H3,(H2,16,19,20). The van der Waals surface area contributed by atoms with Crippen LogP contribution in [0.5, 0.6) is 0 Å². The molecule has 2 rings (SSSR count). The van der Waals surface area contributed by atoms with Crippen LogP contribution in [0.1, 0.15) is 36.5 Å². The van der Waals surface area contributed by atoms with Crippen LogP contribution in [0.25, 0.3) is 0 Å². The Kier molecular flexibility index (Phi) is 4.97. The molecular formula is C13H16BrClN2O3S. The van der Waals surface area contributed by atoms with Crippen molar-refractivity contribution < 1.29 is 13.2 Å². The van der Waals surface area contributed by atoms with Crippen LogP contribution < -0.4 is 5.14 Å². The van der Waals surface area contributed by atoms with Crippen LogP contribution >= 0.6 is 27.5 Å². The van der Waals surface area contributed by atoms with Crippen molar-refractivity contribution in [1.29, 1.82) is 0 Å². The fraction of sp³-hybridized carbons (Fsp3) is 0.462. The first-order valence-corrected chi connectivity index (χ1v) is 9.30. The van der Waals surface area contributed by atoms with Gasteiger partial charge in [0.05, 0.1) is 15.5 Å². The van der Waals surface area contributed by atoms with Crippen LogP contribution in [-0.4, -0.2) is 31.8 Å². The molecule has 8 heteroatoms. The van der Waals surface area contributed by atoms with Crippen molar-refractivity contribution in [1.82, 2.24) is 4.90 Å². The lowest BCUT2D eigenvalue weighted by atomic mass is 10.2. The van der Waals surface area contributed by atoms with Gasteiger partial charge in [0.2, 0.25) is 10.0 Å². The maximum Gasteiger partial charge on any atom is 0.255 e. The first kappa shape index (κ1) is 16.7. The molecule has 1 aromatic carbocycles. The number of halogens is 2. The lowest BCUT2D eigenvalue weighted by Gasteiger charge is -2.22. The molecule has 0 atom stereocenters. The Morgan fingerprint density at radius 2 is 2.10 bits per heavy atom. The van der Waals surface area contributed by atoms with Gasteiger partial charge in [0.1, 0.15) is 0 Å². The number of nitrogens with two attached hydrogens (primary N) is 1. The number of carbonyl (C=O) groups is 1. The van der Waals surface area contributed by atoms with E-state index < -0.39 is 10.0 Å². The molecule has 0 bridgehead atoms. The lowest BCUT2D eigenvalue weighted by molar-refractivity contribution is 0.0743. The molecule has 1 saturated carbocycles. The number of nitrogens with zero attached hydrogens (tertiary/aromatic N) is 1. The summed E-state index contributed by atoms with van der Waals surface area (Å²) in [5, 5.41) is 5.37. The molecule has 116 valence electrons. The Hall–Kier alpha value is -0.630. The molecule has 0 radical (unpaired) electrons. The SMILES string of the molecule is CCCN(C(=O)c1cc(S(N)(=O)=O)c(Br)cc1Cl)C1CC1.